The Hall–Kier alpha value is -3.17. The summed E-state index contributed by atoms with van der Waals surface area (Å²) < 4.78 is 61.1. The van der Waals surface area contributed by atoms with E-state index < -0.39 is 217 Å². The zero-order valence-corrected chi connectivity index (χ0v) is 52.9. The minimum atomic E-state index is -2.12. The van der Waals surface area contributed by atoms with Crippen LogP contribution in [0.1, 0.15) is 128 Å². The summed E-state index contributed by atoms with van der Waals surface area (Å²) in [5, 5.41) is 146. The molecule has 0 radical (unpaired) electrons. The van der Waals surface area contributed by atoms with E-state index >= 15 is 0 Å². The molecule has 13 N–H and O–H groups in total. The zero-order chi connectivity index (χ0) is 65.7. The first kappa shape index (κ1) is 70.2. The van der Waals surface area contributed by atoms with Crippen molar-refractivity contribution in [1.29, 1.82) is 0 Å². The highest BCUT2D eigenvalue weighted by molar-refractivity contribution is 5.88. The predicted octanol–water partition coefficient (Wildman–Crippen LogP) is 0.144. The quantitative estimate of drug-likeness (QED) is 0.0423. The number of carboxylic acids is 1. The molecule has 8 fully saturated rings. The summed E-state index contributed by atoms with van der Waals surface area (Å²) in [5.74, 6) is -3.81. The van der Waals surface area contributed by atoms with Crippen LogP contribution in [0.2, 0.25) is 0 Å². The Morgan fingerprint density at radius 1 is 0.607 bits per heavy atom. The fourth-order valence-electron chi connectivity index (χ4n) is 17.6. The second kappa shape index (κ2) is 25.9. The standard InChI is InChI=1S/C63H98O26/c1-13-26(3)52(78)84-44-28(5)80-56(43(74)46(44)85-53(79)27(4)14-2)89-50-49(75)63(25-66)30(21-58(50,6)7)29-15-16-34-60(10)19-18-36(59(8,9)33(60)17-20-61(34,11)62(29,12)22-35(63)67)83-57-48(88-55-41(72)39(70)37(68)31(23-64)81-55)45(42(73)47(87-57)51(76)77)86-54-40(71)38(69)32(24-65)82-54/h13-15,28,30-50,54-57,64-75H,16-25H2,1-12H3,(H,76,77)/b26-13-,27-14-/t28?,30?,31?,32-,33?,34?,35+,36-,37-,38+,39+,40?,41?,42-,43?,44-,45+,46+,47?,48?,49-,50-,54-,55-,56-,57+,60-,61+,62+,63-/m0/s1. The van der Waals surface area contributed by atoms with E-state index in [1.165, 1.54) is 13.0 Å². The molecule has 26 nitrogen and oxygen atoms in total. The average Bonchev–Trinajstić information content (AvgIpc) is 0.921. The second-order valence-electron chi connectivity index (χ2n) is 28.8. The zero-order valence-electron chi connectivity index (χ0n) is 52.9. The van der Waals surface area contributed by atoms with Crippen LogP contribution in [0, 0.1) is 50.2 Å². The number of allylic oxidation sites excluding steroid dienone is 4. The van der Waals surface area contributed by atoms with Gasteiger partial charge < -0.3 is 114 Å². The van der Waals surface area contributed by atoms with Gasteiger partial charge in [-0.1, -0.05) is 72.3 Å². The van der Waals surface area contributed by atoms with Crippen molar-refractivity contribution in [2.75, 3.05) is 19.8 Å². The van der Waals surface area contributed by atoms with Gasteiger partial charge in [-0.25, -0.2) is 14.4 Å². The normalized spacial score (nSPS) is 49.7. The van der Waals surface area contributed by atoms with Crippen LogP contribution in [0.25, 0.3) is 0 Å². The van der Waals surface area contributed by atoms with Crippen LogP contribution in [0.5, 0.6) is 0 Å². The van der Waals surface area contributed by atoms with Gasteiger partial charge in [-0.05, 0) is 124 Å². The van der Waals surface area contributed by atoms with Crippen molar-refractivity contribution in [2.45, 2.75) is 269 Å². The minimum Gasteiger partial charge on any atom is -0.479 e. The van der Waals surface area contributed by atoms with Crippen LogP contribution in [0.15, 0.2) is 34.9 Å². The van der Waals surface area contributed by atoms with Crippen LogP contribution in [-0.2, 0) is 61.8 Å². The van der Waals surface area contributed by atoms with Crippen molar-refractivity contribution in [3.05, 3.63) is 34.9 Å². The van der Waals surface area contributed by atoms with E-state index in [0.29, 0.717) is 38.5 Å². The molecule has 0 amide bonds. The van der Waals surface area contributed by atoms with Gasteiger partial charge in [0.2, 0.25) is 0 Å². The van der Waals surface area contributed by atoms with E-state index in [1.807, 2.05) is 27.7 Å². The first-order valence-electron chi connectivity index (χ1n) is 31.4. The molecule has 26 heteroatoms. The lowest BCUT2D eigenvalue weighted by Gasteiger charge is -2.72. The Balaban J connectivity index is 0.986. The van der Waals surface area contributed by atoms with Gasteiger partial charge >= 0.3 is 17.9 Å². The first-order chi connectivity index (χ1) is 41.6. The Morgan fingerprint density at radius 3 is 1.72 bits per heavy atom. The topological polar surface area (TPSA) is 407 Å². The third kappa shape index (κ3) is 11.6. The van der Waals surface area contributed by atoms with E-state index in [1.54, 1.807) is 33.8 Å². The maximum absolute atomic E-state index is 13.3. The number of rotatable bonds is 16. The number of hydrogen-bond donors (Lipinski definition) is 13. The summed E-state index contributed by atoms with van der Waals surface area (Å²) in [6.07, 6.45) is -28.5. The van der Waals surface area contributed by atoms with Gasteiger partial charge in [0.05, 0.1) is 55.8 Å². The molecule has 10 unspecified atom stereocenters. The molecule has 89 heavy (non-hydrogen) atoms. The van der Waals surface area contributed by atoms with Crippen molar-refractivity contribution in [3.8, 4) is 0 Å². The van der Waals surface area contributed by atoms with Gasteiger partial charge in [0.1, 0.15) is 67.1 Å². The lowest BCUT2D eigenvalue weighted by atomic mass is 9.33. The highest BCUT2D eigenvalue weighted by Gasteiger charge is 2.73. The number of hydrogen-bond acceptors (Lipinski definition) is 25. The smallest absolute Gasteiger partial charge is 0.335 e. The second-order valence-corrected chi connectivity index (χ2v) is 28.8. The molecule has 9 rings (SSSR count). The molecule has 506 valence electrons. The van der Waals surface area contributed by atoms with Crippen LogP contribution < -0.4 is 0 Å². The molecule has 4 aliphatic heterocycles. The monoisotopic (exact) mass is 1270 g/mol. The molecule has 0 spiro atoms. The lowest BCUT2D eigenvalue weighted by molar-refractivity contribution is -0.386. The van der Waals surface area contributed by atoms with Crippen LogP contribution in [0.4, 0.5) is 0 Å². The van der Waals surface area contributed by atoms with Crippen molar-refractivity contribution in [1.82, 2.24) is 0 Å². The molecule has 30 atom stereocenters. The molecular weight excluding hydrogens is 1170 g/mol. The summed E-state index contributed by atoms with van der Waals surface area (Å²) in [5.41, 5.74) is -3.33. The van der Waals surface area contributed by atoms with E-state index in [4.69, 9.17) is 47.4 Å². The molecule has 0 aromatic heterocycles. The summed E-state index contributed by atoms with van der Waals surface area (Å²) >= 11 is 0. The van der Waals surface area contributed by atoms with E-state index in [2.05, 4.69) is 26.8 Å². The maximum atomic E-state index is 13.3. The third-order valence-corrected chi connectivity index (χ3v) is 23.3. The van der Waals surface area contributed by atoms with Gasteiger partial charge in [-0.15, -0.1) is 0 Å². The SMILES string of the molecule is C/C=C(/C)C(=O)O[C@@H]1C(O)[C@H](O[C@H]2[C@H](O)[C@@]3(CO)C(CC2(C)C)C2=CCC4[C@@]5(C)CC[C@H](O[C@@H]6OC(C(=O)O)[C@@H](O)[C@@H](O[C@@H]7O[C@@H](CO)[C@@H](O)C7O)C6O[C@@H]6OC(CO)[C@H](O)[C@@H](O)C6O)C(C)(C)C5CC[C@@]4(C)[C@]2(C)C[C@H]3O)OC(C)[C@@H]1OC(=O)/C(C)=C\C. The Morgan fingerprint density at radius 2 is 1.16 bits per heavy atom. The molecule has 0 aromatic rings. The third-order valence-electron chi connectivity index (χ3n) is 23.3. The number of carbonyl (C=O) groups excluding carboxylic acids is 2. The predicted molar refractivity (Wildman–Crippen MR) is 307 cm³/mol. The highest BCUT2D eigenvalue weighted by Crippen LogP contribution is 2.76. The van der Waals surface area contributed by atoms with Gasteiger partial charge in [0.15, 0.2) is 43.5 Å². The van der Waals surface area contributed by atoms with Gasteiger partial charge in [0, 0.05) is 11.1 Å². The van der Waals surface area contributed by atoms with Crippen molar-refractivity contribution >= 4 is 17.9 Å². The fourth-order valence-corrected chi connectivity index (χ4v) is 17.6. The van der Waals surface area contributed by atoms with E-state index in [0.717, 1.165) is 5.57 Å². The number of ether oxygens (including phenoxy) is 10. The van der Waals surface area contributed by atoms with Crippen molar-refractivity contribution in [3.63, 3.8) is 0 Å². The van der Waals surface area contributed by atoms with Crippen LogP contribution in [0.3, 0.4) is 0 Å². The van der Waals surface area contributed by atoms with Gasteiger partial charge in [-0.3, -0.25) is 0 Å². The molecular formula is C63H98O26. The number of fused-ring (bicyclic) bond motifs is 7. The van der Waals surface area contributed by atoms with E-state index in [9.17, 15) is 80.8 Å². The van der Waals surface area contributed by atoms with Crippen molar-refractivity contribution in [2.24, 2.45) is 50.2 Å². The Labute approximate surface area is 518 Å². The Bertz CT molecular complexity index is 2660. The van der Waals surface area contributed by atoms with Gasteiger partial charge in [0.25, 0.3) is 0 Å². The van der Waals surface area contributed by atoms with Gasteiger partial charge in [-0.2, -0.15) is 0 Å². The maximum Gasteiger partial charge on any atom is 0.335 e. The highest BCUT2D eigenvalue weighted by atomic mass is 16.8. The number of carboxylic acid groups (broad SMARTS) is 1. The number of carbonyl (C=O) groups is 3. The number of esters is 2. The number of aliphatic hydroxyl groups is 12. The lowest BCUT2D eigenvalue weighted by Crippen LogP contribution is -2.72. The largest absolute Gasteiger partial charge is 0.479 e. The van der Waals surface area contributed by atoms with Crippen LogP contribution >= 0.6 is 0 Å². The molecule has 4 saturated carbocycles. The number of aliphatic carboxylic acids is 1. The summed E-state index contributed by atoms with van der Waals surface area (Å²) in [6, 6.07) is 0. The molecule has 4 heterocycles. The summed E-state index contributed by atoms with van der Waals surface area (Å²) in [4.78, 5) is 39.3. The van der Waals surface area contributed by atoms with Crippen LogP contribution in [-0.4, -0.2) is 245 Å². The molecule has 0 aromatic carbocycles. The average molecular weight is 1270 g/mol. The number of aliphatic hydroxyl groups excluding tert-OH is 12. The minimum absolute atomic E-state index is 0.0156. The first-order valence-corrected chi connectivity index (χ1v) is 31.4. The van der Waals surface area contributed by atoms with E-state index in [-0.39, 0.29) is 29.4 Å². The fraction of sp³-hybridized carbons (Fsp3) is 0.857. The molecule has 0 bridgehead atoms. The molecule has 4 saturated heterocycles. The summed E-state index contributed by atoms with van der Waals surface area (Å²) in [7, 11) is 0. The molecule has 5 aliphatic carbocycles. The summed E-state index contributed by atoms with van der Waals surface area (Å²) in [6.45, 7) is 20.4. The van der Waals surface area contributed by atoms with Crippen molar-refractivity contribution < 1.29 is 128 Å². The Kier molecular flexibility index (Phi) is 20.4. The molecule has 9 aliphatic rings.